The van der Waals surface area contributed by atoms with Crippen LogP contribution in [-0.2, 0) is 16.6 Å². The Morgan fingerprint density at radius 3 is 2.67 bits per heavy atom. The zero-order chi connectivity index (χ0) is 13.6. The summed E-state index contributed by atoms with van der Waals surface area (Å²) in [6.07, 6.45) is 1.33. The highest BCUT2D eigenvalue weighted by Crippen LogP contribution is 2.14. The van der Waals surface area contributed by atoms with E-state index in [4.69, 9.17) is 11.6 Å². The lowest BCUT2D eigenvalue weighted by atomic mass is 10.2. The molecule has 0 saturated heterocycles. The SMILES string of the molecule is CN(Cc1cccc(Br)c1)S(=O)(=O)CCCCCl. The van der Waals surface area contributed by atoms with Gasteiger partial charge in [0.15, 0.2) is 0 Å². The molecule has 0 heterocycles. The molecule has 0 fully saturated rings. The van der Waals surface area contributed by atoms with E-state index in [1.165, 1.54) is 4.31 Å². The highest BCUT2D eigenvalue weighted by molar-refractivity contribution is 9.10. The van der Waals surface area contributed by atoms with Crippen LogP contribution in [0.15, 0.2) is 28.7 Å². The molecule has 102 valence electrons. The number of benzene rings is 1. The van der Waals surface area contributed by atoms with Crippen LogP contribution in [0.5, 0.6) is 0 Å². The molecule has 0 N–H and O–H groups in total. The lowest BCUT2D eigenvalue weighted by Crippen LogP contribution is -2.28. The molecule has 0 aliphatic rings. The van der Waals surface area contributed by atoms with Gasteiger partial charge < -0.3 is 0 Å². The van der Waals surface area contributed by atoms with Crippen molar-refractivity contribution in [3.05, 3.63) is 34.3 Å². The zero-order valence-electron chi connectivity index (χ0n) is 10.3. The van der Waals surface area contributed by atoms with Gasteiger partial charge in [-0.1, -0.05) is 28.1 Å². The highest BCUT2D eigenvalue weighted by Gasteiger charge is 2.17. The quantitative estimate of drug-likeness (QED) is 0.557. The standard InChI is InChI=1S/C12H17BrClNO2S/c1-15(18(16,17)8-3-2-7-14)10-11-5-4-6-12(13)9-11/h4-6,9H,2-3,7-8,10H2,1H3. The molecule has 0 spiro atoms. The first-order valence-electron chi connectivity index (χ1n) is 5.70. The van der Waals surface area contributed by atoms with Crippen molar-refractivity contribution in [3.8, 4) is 0 Å². The molecule has 0 bridgehead atoms. The van der Waals surface area contributed by atoms with E-state index >= 15 is 0 Å². The van der Waals surface area contributed by atoms with E-state index in [0.717, 1.165) is 16.5 Å². The van der Waals surface area contributed by atoms with Gasteiger partial charge in [-0.3, -0.25) is 0 Å². The first kappa shape index (κ1) is 16.0. The Labute approximate surface area is 122 Å². The monoisotopic (exact) mass is 353 g/mol. The molecule has 0 aromatic heterocycles. The van der Waals surface area contributed by atoms with Crippen molar-refractivity contribution in [2.24, 2.45) is 0 Å². The van der Waals surface area contributed by atoms with E-state index in [9.17, 15) is 8.42 Å². The normalized spacial score (nSPS) is 12.0. The van der Waals surface area contributed by atoms with Gasteiger partial charge in [0, 0.05) is 23.9 Å². The van der Waals surface area contributed by atoms with Crippen LogP contribution in [0.1, 0.15) is 18.4 Å². The van der Waals surface area contributed by atoms with Gasteiger partial charge in [0.1, 0.15) is 0 Å². The van der Waals surface area contributed by atoms with Gasteiger partial charge in [-0.05, 0) is 30.5 Å². The summed E-state index contributed by atoms with van der Waals surface area (Å²) in [7, 11) is -1.58. The number of halogens is 2. The van der Waals surface area contributed by atoms with Crippen LogP contribution in [0.2, 0.25) is 0 Å². The van der Waals surface area contributed by atoms with Crippen molar-refractivity contribution < 1.29 is 8.42 Å². The fourth-order valence-corrected chi connectivity index (χ4v) is 3.39. The predicted molar refractivity (Wildman–Crippen MR) is 79.3 cm³/mol. The molecule has 3 nitrogen and oxygen atoms in total. The number of alkyl halides is 1. The predicted octanol–water partition coefficient (Wildman–Crippen LogP) is 3.23. The Balaban J connectivity index is 2.61. The van der Waals surface area contributed by atoms with Crippen molar-refractivity contribution in [2.45, 2.75) is 19.4 Å². The number of hydrogen-bond acceptors (Lipinski definition) is 2. The summed E-state index contributed by atoms with van der Waals surface area (Å²) in [5, 5.41) is 0. The topological polar surface area (TPSA) is 37.4 Å². The van der Waals surface area contributed by atoms with Crippen molar-refractivity contribution in [1.82, 2.24) is 4.31 Å². The van der Waals surface area contributed by atoms with Gasteiger partial charge in [-0.25, -0.2) is 12.7 Å². The van der Waals surface area contributed by atoms with Crippen LogP contribution in [-0.4, -0.2) is 31.4 Å². The molecule has 1 rings (SSSR count). The number of rotatable bonds is 7. The minimum atomic E-state index is -3.18. The Bertz CT molecular complexity index is 479. The summed E-state index contributed by atoms with van der Waals surface area (Å²) in [5.74, 6) is 0.662. The van der Waals surface area contributed by atoms with Gasteiger partial charge in [-0.2, -0.15) is 0 Å². The summed E-state index contributed by atoms with van der Waals surface area (Å²) in [5.41, 5.74) is 0.966. The first-order chi connectivity index (χ1) is 8.45. The highest BCUT2D eigenvalue weighted by atomic mass is 79.9. The van der Waals surface area contributed by atoms with Crippen molar-refractivity contribution in [2.75, 3.05) is 18.7 Å². The van der Waals surface area contributed by atoms with Crippen molar-refractivity contribution in [3.63, 3.8) is 0 Å². The third kappa shape index (κ3) is 5.26. The van der Waals surface area contributed by atoms with Crippen LogP contribution >= 0.6 is 27.5 Å². The summed E-state index contributed by atoms with van der Waals surface area (Å²) in [4.78, 5) is 0. The number of unbranched alkanes of at least 4 members (excludes halogenated alkanes) is 1. The number of nitrogens with zero attached hydrogens (tertiary/aromatic N) is 1. The molecular formula is C12H17BrClNO2S. The molecule has 1 aromatic carbocycles. The van der Waals surface area contributed by atoms with Crippen LogP contribution in [0, 0.1) is 0 Å². The van der Waals surface area contributed by atoms with Gasteiger partial charge >= 0.3 is 0 Å². The Morgan fingerprint density at radius 2 is 2.06 bits per heavy atom. The lowest BCUT2D eigenvalue weighted by molar-refractivity contribution is 0.465. The molecule has 6 heteroatoms. The van der Waals surface area contributed by atoms with Crippen LogP contribution < -0.4 is 0 Å². The molecule has 0 unspecified atom stereocenters. The maximum absolute atomic E-state index is 12.0. The molecular weight excluding hydrogens is 338 g/mol. The minimum Gasteiger partial charge on any atom is -0.212 e. The van der Waals surface area contributed by atoms with Crippen LogP contribution in [0.3, 0.4) is 0 Å². The number of sulfonamides is 1. The molecule has 1 aromatic rings. The second-order valence-electron chi connectivity index (χ2n) is 4.10. The maximum Gasteiger partial charge on any atom is 0.214 e. The Kier molecular flexibility index (Phi) is 6.63. The Morgan fingerprint density at radius 1 is 1.33 bits per heavy atom. The molecule has 0 saturated carbocycles. The molecule has 0 aliphatic heterocycles. The Hall–Kier alpha value is -0.100. The molecule has 0 aliphatic carbocycles. The third-order valence-corrected chi connectivity index (χ3v) is 5.20. The summed E-state index contributed by atoms with van der Waals surface area (Å²) in [6, 6.07) is 7.65. The summed E-state index contributed by atoms with van der Waals surface area (Å²) in [6.45, 7) is 0.392. The largest absolute Gasteiger partial charge is 0.214 e. The second kappa shape index (κ2) is 7.48. The molecule has 0 amide bonds. The second-order valence-corrected chi connectivity index (χ2v) is 7.59. The van der Waals surface area contributed by atoms with E-state index in [2.05, 4.69) is 15.9 Å². The van der Waals surface area contributed by atoms with E-state index in [0.29, 0.717) is 18.8 Å². The van der Waals surface area contributed by atoms with E-state index in [1.54, 1.807) is 7.05 Å². The fraction of sp³-hybridized carbons (Fsp3) is 0.500. The number of hydrogen-bond donors (Lipinski definition) is 0. The smallest absolute Gasteiger partial charge is 0.212 e. The summed E-state index contributed by atoms with van der Waals surface area (Å²) >= 11 is 8.91. The van der Waals surface area contributed by atoms with Crippen LogP contribution in [0.25, 0.3) is 0 Å². The van der Waals surface area contributed by atoms with Gasteiger partial charge in [0.05, 0.1) is 5.75 Å². The van der Waals surface area contributed by atoms with E-state index in [-0.39, 0.29) is 5.75 Å². The van der Waals surface area contributed by atoms with Gasteiger partial charge in [-0.15, -0.1) is 11.6 Å². The van der Waals surface area contributed by atoms with Crippen molar-refractivity contribution in [1.29, 1.82) is 0 Å². The molecule has 18 heavy (non-hydrogen) atoms. The van der Waals surface area contributed by atoms with Gasteiger partial charge in [0.2, 0.25) is 10.0 Å². The average molecular weight is 355 g/mol. The first-order valence-corrected chi connectivity index (χ1v) is 8.64. The summed E-state index contributed by atoms with van der Waals surface area (Å²) < 4.78 is 26.3. The molecule has 0 radical (unpaired) electrons. The van der Waals surface area contributed by atoms with E-state index in [1.807, 2.05) is 24.3 Å². The van der Waals surface area contributed by atoms with E-state index < -0.39 is 10.0 Å². The van der Waals surface area contributed by atoms with Crippen LogP contribution in [0.4, 0.5) is 0 Å². The zero-order valence-corrected chi connectivity index (χ0v) is 13.4. The lowest BCUT2D eigenvalue weighted by Gasteiger charge is -2.17. The van der Waals surface area contributed by atoms with Crippen molar-refractivity contribution >= 4 is 37.6 Å². The third-order valence-electron chi connectivity index (χ3n) is 2.56. The average Bonchev–Trinajstić information content (AvgIpc) is 2.29. The molecule has 0 atom stereocenters. The van der Waals surface area contributed by atoms with Gasteiger partial charge in [0.25, 0.3) is 0 Å². The minimum absolute atomic E-state index is 0.157. The maximum atomic E-state index is 12.0. The fourth-order valence-electron chi connectivity index (χ4n) is 1.53.